The molecule has 1 fully saturated rings. The number of pyridine rings is 1. The highest BCUT2D eigenvalue weighted by Gasteiger charge is 2.21. The predicted octanol–water partition coefficient (Wildman–Crippen LogP) is 4.80. The number of fused-ring (bicyclic) bond motifs is 1. The summed E-state index contributed by atoms with van der Waals surface area (Å²) < 4.78 is 5.79. The quantitative estimate of drug-likeness (QED) is 0.647. The zero-order valence-corrected chi connectivity index (χ0v) is 16.4. The van der Waals surface area contributed by atoms with E-state index in [9.17, 15) is 5.11 Å². The minimum Gasteiger partial charge on any atom is -0.507 e. The lowest BCUT2D eigenvalue weighted by Gasteiger charge is -2.31. The molecule has 0 radical (unpaired) electrons. The first kappa shape index (κ1) is 18.3. The molecule has 8 heteroatoms. The predicted molar refractivity (Wildman–Crippen MR) is 108 cm³/mol. The Hall–Kier alpha value is -2.02. The summed E-state index contributed by atoms with van der Waals surface area (Å²) in [6.07, 6.45) is 2.23. The van der Waals surface area contributed by atoms with Crippen LogP contribution < -0.4 is 5.32 Å². The van der Waals surface area contributed by atoms with Crippen LogP contribution in [0.1, 0.15) is 19.8 Å². The molecule has 0 aliphatic carbocycles. The van der Waals surface area contributed by atoms with Crippen LogP contribution in [0.2, 0.25) is 10.0 Å². The first-order valence-electron chi connectivity index (χ1n) is 8.98. The normalized spacial score (nSPS) is 18.1. The lowest BCUT2D eigenvalue weighted by atomic mass is 10.1. The van der Waals surface area contributed by atoms with Gasteiger partial charge in [-0.1, -0.05) is 30.1 Å². The third-order valence-electron chi connectivity index (χ3n) is 4.83. The van der Waals surface area contributed by atoms with Crippen molar-refractivity contribution in [3.05, 3.63) is 34.3 Å². The van der Waals surface area contributed by atoms with Gasteiger partial charge in [-0.25, -0.2) is 4.98 Å². The van der Waals surface area contributed by atoms with Crippen LogP contribution in [0.25, 0.3) is 22.5 Å². The van der Waals surface area contributed by atoms with Gasteiger partial charge >= 0.3 is 0 Å². The lowest BCUT2D eigenvalue weighted by Crippen LogP contribution is -2.41. The largest absolute Gasteiger partial charge is 0.507 e. The number of hydrogen-bond donors (Lipinski definition) is 2. The first-order chi connectivity index (χ1) is 13.0. The van der Waals surface area contributed by atoms with E-state index in [1.807, 2.05) is 0 Å². The topological polar surface area (TPSA) is 74.4 Å². The summed E-state index contributed by atoms with van der Waals surface area (Å²) >= 11 is 12.3. The van der Waals surface area contributed by atoms with Crippen molar-refractivity contribution in [3.8, 4) is 17.0 Å². The van der Waals surface area contributed by atoms with Gasteiger partial charge in [0.25, 0.3) is 6.01 Å². The number of rotatable bonds is 4. The molecule has 2 aromatic heterocycles. The highest BCUT2D eigenvalue weighted by molar-refractivity contribution is 6.34. The number of anilines is 1. The lowest BCUT2D eigenvalue weighted by molar-refractivity contribution is 0.225. The van der Waals surface area contributed by atoms with E-state index in [0.717, 1.165) is 32.5 Å². The summed E-state index contributed by atoms with van der Waals surface area (Å²) in [5.74, 6) is 0.0138. The molecule has 1 saturated heterocycles. The molecule has 3 heterocycles. The Morgan fingerprint density at radius 1 is 1.30 bits per heavy atom. The minimum atomic E-state index is 0.0138. The van der Waals surface area contributed by atoms with E-state index in [0.29, 0.717) is 44.6 Å². The molecule has 1 aliphatic rings. The van der Waals surface area contributed by atoms with Crippen molar-refractivity contribution >= 4 is 40.4 Å². The molecule has 0 saturated carbocycles. The molecule has 1 atom stereocenters. The summed E-state index contributed by atoms with van der Waals surface area (Å²) in [6.45, 7) is 5.30. The maximum Gasteiger partial charge on any atom is 0.297 e. The van der Waals surface area contributed by atoms with E-state index in [1.165, 1.54) is 6.07 Å². The van der Waals surface area contributed by atoms with E-state index >= 15 is 0 Å². The molecule has 6 nitrogen and oxygen atoms in total. The third kappa shape index (κ3) is 3.83. The molecule has 1 aliphatic heterocycles. The number of hydrogen-bond acceptors (Lipinski definition) is 6. The molecular weight excluding hydrogens is 387 g/mol. The Labute approximate surface area is 167 Å². The molecule has 27 heavy (non-hydrogen) atoms. The first-order valence-corrected chi connectivity index (χ1v) is 9.74. The second-order valence-corrected chi connectivity index (χ2v) is 7.54. The summed E-state index contributed by atoms with van der Waals surface area (Å²) in [4.78, 5) is 11.4. The smallest absolute Gasteiger partial charge is 0.297 e. The minimum absolute atomic E-state index is 0.0138. The molecule has 142 valence electrons. The van der Waals surface area contributed by atoms with E-state index in [4.69, 9.17) is 27.6 Å². The SMILES string of the molecule is CCN1CCC[C@@H](Nc2nc3nc(-c4ccc(Cl)cc4O)c(Cl)cc3o2)C1. The highest BCUT2D eigenvalue weighted by Crippen LogP contribution is 2.36. The van der Waals surface area contributed by atoms with Crippen LogP contribution in [0.4, 0.5) is 6.01 Å². The van der Waals surface area contributed by atoms with Crippen molar-refractivity contribution in [1.82, 2.24) is 14.9 Å². The van der Waals surface area contributed by atoms with Gasteiger partial charge in [0.15, 0.2) is 5.58 Å². The van der Waals surface area contributed by atoms with E-state index in [1.54, 1.807) is 18.2 Å². The number of phenols is 1. The molecule has 0 spiro atoms. The van der Waals surface area contributed by atoms with Gasteiger partial charge in [0.1, 0.15) is 5.75 Å². The van der Waals surface area contributed by atoms with Crippen molar-refractivity contribution in [1.29, 1.82) is 0 Å². The van der Waals surface area contributed by atoms with Gasteiger partial charge in [0.05, 0.1) is 10.7 Å². The van der Waals surface area contributed by atoms with Gasteiger partial charge in [-0.15, -0.1) is 0 Å². The van der Waals surface area contributed by atoms with Crippen molar-refractivity contribution in [3.63, 3.8) is 0 Å². The second kappa shape index (κ2) is 7.54. The number of likely N-dealkylation sites (N-methyl/N-ethyl adjacent to an activating group) is 1. The maximum absolute atomic E-state index is 10.2. The summed E-state index contributed by atoms with van der Waals surface area (Å²) in [6, 6.07) is 7.22. The summed E-state index contributed by atoms with van der Waals surface area (Å²) in [5, 5.41) is 14.3. The third-order valence-corrected chi connectivity index (χ3v) is 5.35. The molecular formula is C19H20Cl2N4O2. The molecule has 1 aromatic carbocycles. The Bertz CT molecular complexity index is 976. The molecule has 0 unspecified atom stereocenters. The fourth-order valence-electron chi connectivity index (χ4n) is 3.43. The number of nitrogens with one attached hydrogen (secondary N) is 1. The fourth-order valence-corrected chi connectivity index (χ4v) is 3.84. The molecule has 3 aromatic rings. The van der Waals surface area contributed by atoms with Crippen molar-refractivity contribution in [2.45, 2.75) is 25.8 Å². The summed E-state index contributed by atoms with van der Waals surface area (Å²) in [5.41, 5.74) is 1.87. The fraction of sp³-hybridized carbons (Fsp3) is 0.368. The second-order valence-electron chi connectivity index (χ2n) is 6.70. The van der Waals surface area contributed by atoms with Crippen LogP contribution in [-0.2, 0) is 0 Å². The van der Waals surface area contributed by atoms with E-state index in [2.05, 4.69) is 27.1 Å². The average Bonchev–Trinajstić information content (AvgIpc) is 3.02. The van der Waals surface area contributed by atoms with Gasteiger partial charge in [0.2, 0.25) is 5.65 Å². The zero-order valence-electron chi connectivity index (χ0n) is 14.9. The van der Waals surface area contributed by atoms with Crippen molar-refractivity contribution in [2.24, 2.45) is 0 Å². The van der Waals surface area contributed by atoms with Crippen molar-refractivity contribution < 1.29 is 9.52 Å². The number of halogens is 2. The van der Waals surface area contributed by atoms with Crippen LogP contribution in [-0.4, -0.2) is 45.7 Å². The van der Waals surface area contributed by atoms with Gasteiger partial charge in [-0.2, -0.15) is 4.98 Å². The van der Waals surface area contributed by atoms with Crippen molar-refractivity contribution in [2.75, 3.05) is 25.0 Å². The van der Waals surface area contributed by atoms with Gasteiger partial charge in [-0.3, -0.25) is 0 Å². The number of nitrogens with zero attached hydrogens (tertiary/aromatic N) is 3. The zero-order chi connectivity index (χ0) is 19.0. The standard InChI is InChI=1S/C19H20Cl2N4O2/c1-2-25-7-3-4-12(10-25)22-19-24-18-16(27-19)9-14(21)17(23-18)13-6-5-11(20)8-15(13)26/h5-6,8-9,12,26H,2-4,7,10H2,1H3,(H,22,23,24)/t12-/m1/s1. The number of piperidine rings is 1. The van der Waals surface area contributed by atoms with E-state index in [-0.39, 0.29) is 5.75 Å². The van der Waals surface area contributed by atoms with E-state index < -0.39 is 0 Å². The van der Waals surface area contributed by atoms with Gasteiger partial charge < -0.3 is 19.7 Å². The Kier molecular flexibility index (Phi) is 5.12. The Morgan fingerprint density at radius 2 is 2.15 bits per heavy atom. The molecule has 4 rings (SSSR count). The number of likely N-dealkylation sites (tertiary alicyclic amines) is 1. The maximum atomic E-state index is 10.2. The van der Waals surface area contributed by atoms with Crippen LogP contribution in [0, 0.1) is 0 Å². The number of oxazole rings is 1. The van der Waals surface area contributed by atoms with Crippen LogP contribution in [0.3, 0.4) is 0 Å². The average molecular weight is 407 g/mol. The number of benzene rings is 1. The number of aromatic hydroxyl groups is 1. The Morgan fingerprint density at radius 3 is 2.93 bits per heavy atom. The van der Waals surface area contributed by atoms with Crippen LogP contribution in [0.15, 0.2) is 28.7 Å². The van der Waals surface area contributed by atoms with Crippen LogP contribution >= 0.6 is 23.2 Å². The molecule has 2 N–H and O–H groups in total. The monoisotopic (exact) mass is 406 g/mol. The van der Waals surface area contributed by atoms with Gasteiger partial charge in [-0.05, 0) is 44.1 Å². The number of phenolic OH excluding ortho intramolecular Hbond substituents is 1. The number of aromatic nitrogens is 2. The summed E-state index contributed by atoms with van der Waals surface area (Å²) in [7, 11) is 0. The van der Waals surface area contributed by atoms with Gasteiger partial charge in [0, 0.05) is 29.2 Å². The molecule has 0 amide bonds. The highest BCUT2D eigenvalue weighted by atomic mass is 35.5. The molecule has 0 bridgehead atoms. The van der Waals surface area contributed by atoms with Crippen LogP contribution in [0.5, 0.6) is 5.75 Å². The Balaban J connectivity index is 1.63.